The van der Waals surface area contributed by atoms with E-state index in [9.17, 15) is 0 Å². The molecule has 3 nitrogen and oxygen atoms in total. The Morgan fingerprint density at radius 2 is 1.93 bits per heavy atom. The zero-order valence-corrected chi connectivity index (χ0v) is 9.99. The molecule has 0 bridgehead atoms. The van der Waals surface area contributed by atoms with Crippen molar-refractivity contribution in [1.29, 1.82) is 0 Å². The average molecular weight is 197 g/mol. The van der Waals surface area contributed by atoms with E-state index < -0.39 is 0 Å². The molecule has 0 aliphatic carbocycles. The minimum Gasteiger partial charge on any atom is -0.324 e. The number of hydrazone groups is 1. The lowest BCUT2D eigenvalue weighted by Gasteiger charge is -2.27. The summed E-state index contributed by atoms with van der Waals surface area (Å²) in [6.45, 7) is 10.6. The molecule has 0 aliphatic rings. The zero-order valence-electron chi connectivity index (χ0n) is 9.99. The van der Waals surface area contributed by atoms with Crippen LogP contribution in [0.1, 0.15) is 41.0 Å². The standard InChI is InChI=1S/C11H23N3/c1-6-10(4)11(5,8-14-12)13-7-9(2)3/h7-10H,6,12H2,1-5H3/b13-7?,14-8-. The number of hydrogen-bond acceptors (Lipinski definition) is 3. The first-order chi connectivity index (χ1) is 6.46. The lowest BCUT2D eigenvalue weighted by molar-refractivity contribution is 0.410. The monoisotopic (exact) mass is 197 g/mol. The summed E-state index contributed by atoms with van der Waals surface area (Å²) in [5.41, 5.74) is -0.256. The van der Waals surface area contributed by atoms with E-state index in [-0.39, 0.29) is 5.54 Å². The molecular weight excluding hydrogens is 174 g/mol. The summed E-state index contributed by atoms with van der Waals surface area (Å²) in [6.07, 6.45) is 4.77. The van der Waals surface area contributed by atoms with Gasteiger partial charge < -0.3 is 5.84 Å². The van der Waals surface area contributed by atoms with E-state index in [4.69, 9.17) is 5.84 Å². The van der Waals surface area contributed by atoms with Crippen molar-refractivity contribution in [3.05, 3.63) is 0 Å². The lowest BCUT2D eigenvalue weighted by Crippen LogP contribution is -2.33. The number of hydrogen-bond donors (Lipinski definition) is 1. The summed E-state index contributed by atoms with van der Waals surface area (Å²) in [5, 5.41) is 3.62. The predicted octanol–water partition coefficient (Wildman–Crippen LogP) is 2.46. The SMILES string of the molecule is CCC(C)C(C)(/C=N\N)N=CC(C)C. The van der Waals surface area contributed by atoms with Crippen molar-refractivity contribution in [1.82, 2.24) is 0 Å². The van der Waals surface area contributed by atoms with Gasteiger partial charge in [0.15, 0.2) is 0 Å². The number of nitrogens with zero attached hydrogens (tertiary/aromatic N) is 2. The number of rotatable bonds is 5. The summed E-state index contributed by atoms with van der Waals surface area (Å²) in [7, 11) is 0. The van der Waals surface area contributed by atoms with Gasteiger partial charge in [-0.15, -0.1) is 0 Å². The largest absolute Gasteiger partial charge is 0.324 e. The molecule has 3 heteroatoms. The van der Waals surface area contributed by atoms with Gasteiger partial charge in [-0.05, 0) is 18.8 Å². The molecule has 0 aromatic carbocycles. The zero-order chi connectivity index (χ0) is 11.2. The van der Waals surface area contributed by atoms with Gasteiger partial charge in [0, 0.05) is 6.21 Å². The van der Waals surface area contributed by atoms with E-state index in [1.165, 1.54) is 0 Å². The molecule has 82 valence electrons. The summed E-state index contributed by atoms with van der Waals surface area (Å²) in [5.74, 6) is 6.12. The molecule has 0 radical (unpaired) electrons. The van der Waals surface area contributed by atoms with Gasteiger partial charge in [-0.3, -0.25) is 4.99 Å². The van der Waals surface area contributed by atoms with Crippen molar-refractivity contribution < 1.29 is 0 Å². The lowest BCUT2D eigenvalue weighted by atomic mass is 9.87. The van der Waals surface area contributed by atoms with Gasteiger partial charge in [0.05, 0.1) is 11.8 Å². The van der Waals surface area contributed by atoms with Crippen molar-refractivity contribution in [2.45, 2.75) is 46.6 Å². The molecule has 0 saturated carbocycles. The number of nitrogens with two attached hydrogens (primary N) is 1. The highest BCUT2D eigenvalue weighted by Gasteiger charge is 2.26. The fourth-order valence-electron chi connectivity index (χ4n) is 1.16. The second-order valence-corrected chi connectivity index (χ2v) is 4.34. The van der Waals surface area contributed by atoms with Crippen LogP contribution in [0.2, 0.25) is 0 Å². The molecule has 2 unspecified atom stereocenters. The van der Waals surface area contributed by atoms with Gasteiger partial charge in [-0.25, -0.2) is 0 Å². The second kappa shape index (κ2) is 5.78. The topological polar surface area (TPSA) is 50.7 Å². The van der Waals surface area contributed by atoms with Crippen LogP contribution in [0, 0.1) is 11.8 Å². The van der Waals surface area contributed by atoms with Crippen LogP contribution < -0.4 is 5.84 Å². The van der Waals surface area contributed by atoms with Crippen LogP contribution in [0.3, 0.4) is 0 Å². The Morgan fingerprint density at radius 1 is 1.36 bits per heavy atom. The smallest absolute Gasteiger partial charge is 0.0968 e. The van der Waals surface area contributed by atoms with Crippen molar-refractivity contribution in [2.75, 3.05) is 0 Å². The summed E-state index contributed by atoms with van der Waals surface area (Å²) in [4.78, 5) is 4.56. The maximum absolute atomic E-state index is 5.21. The van der Waals surface area contributed by atoms with Gasteiger partial charge in [0.2, 0.25) is 0 Å². The first-order valence-electron chi connectivity index (χ1n) is 5.26. The third-order valence-electron chi connectivity index (χ3n) is 2.60. The quantitative estimate of drug-likeness (QED) is 0.411. The van der Waals surface area contributed by atoms with Crippen molar-refractivity contribution in [2.24, 2.45) is 27.8 Å². The highest BCUT2D eigenvalue weighted by atomic mass is 15.1. The fourth-order valence-corrected chi connectivity index (χ4v) is 1.16. The molecule has 0 saturated heterocycles. The van der Waals surface area contributed by atoms with Crippen LogP contribution in [0.4, 0.5) is 0 Å². The van der Waals surface area contributed by atoms with Gasteiger partial charge >= 0.3 is 0 Å². The molecular formula is C11H23N3. The van der Waals surface area contributed by atoms with Crippen molar-refractivity contribution in [3.63, 3.8) is 0 Å². The van der Waals surface area contributed by atoms with E-state index in [1.54, 1.807) is 6.21 Å². The molecule has 0 spiro atoms. The van der Waals surface area contributed by atoms with Crippen molar-refractivity contribution in [3.8, 4) is 0 Å². The first kappa shape index (κ1) is 13.1. The van der Waals surface area contributed by atoms with Crippen LogP contribution in [0.5, 0.6) is 0 Å². The normalized spacial score (nSPS) is 19.3. The molecule has 0 aromatic rings. The molecule has 0 amide bonds. The van der Waals surface area contributed by atoms with E-state index in [0.29, 0.717) is 11.8 Å². The molecule has 0 rings (SSSR count). The van der Waals surface area contributed by atoms with Crippen LogP contribution in [0.15, 0.2) is 10.1 Å². The Morgan fingerprint density at radius 3 is 2.29 bits per heavy atom. The van der Waals surface area contributed by atoms with Crippen molar-refractivity contribution >= 4 is 12.4 Å². The Labute approximate surface area is 87.5 Å². The predicted molar refractivity (Wildman–Crippen MR) is 63.9 cm³/mol. The second-order valence-electron chi connectivity index (χ2n) is 4.34. The molecule has 2 atom stereocenters. The maximum atomic E-state index is 5.21. The Kier molecular flexibility index (Phi) is 5.43. The average Bonchev–Trinajstić information content (AvgIpc) is 2.14. The van der Waals surface area contributed by atoms with Gasteiger partial charge in [0.1, 0.15) is 0 Å². The van der Waals surface area contributed by atoms with Crippen LogP contribution in [-0.4, -0.2) is 18.0 Å². The highest BCUT2D eigenvalue weighted by molar-refractivity contribution is 5.74. The summed E-state index contributed by atoms with van der Waals surface area (Å²) < 4.78 is 0. The van der Waals surface area contributed by atoms with Gasteiger partial charge in [-0.1, -0.05) is 34.1 Å². The maximum Gasteiger partial charge on any atom is 0.0968 e. The molecule has 2 N–H and O–H groups in total. The minimum absolute atomic E-state index is 0.256. The van der Waals surface area contributed by atoms with Gasteiger partial charge in [0.25, 0.3) is 0 Å². The van der Waals surface area contributed by atoms with Crippen LogP contribution >= 0.6 is 0 Å². The van der Waals surface area contributed by atoms with Gasteiger partial charge in [-0.2, -0.15) is 5.10 Å². The third-order valence-corrected chi connectivity index (χ3v) is 2.60. The third kappa shape index (κ3) is 3.90. The summed E-state index contributed by atoms with van der Waals surface area (Å²) >= 11 is 0. The minimum atomic E-state index is -0.256. The Hall–Kier alpha value is -0.860. The molecule has 0 fully saturated rings. The highest BCUT2D eigenvalue weighted by Crippen LogP contribution is 2.22. The van der Waals surface area contributed by atoms with Crippen LogP contribution in [-0.2, 0) is 0 Å². The Balaban J connectivity index is 4.71. The summed E-state index contributed by atoms with van der Waals surface area (Å²) in [6, 6.07) is 0. The fraction of sp³-hybridized carbons (Fsp3) is 0.818. The van der Waals surface area contributed by atoms with E-state index >= 15 is 0 Å². The molecule has 0 aromatic heterocycles. The van der Waals surface area contributed by atoms with E-state index in [1.807, 2.05) is 6.21 Å². The number of aliphatic imine (C=N–C) groups is 1. The van der Waals surface area contributed by atoms with E-state index in [0.717, 1.165) is 6.42 Å². The molecule has 0 heterocycles. The first-order valence-corrected chi connectivity index (χ1v) is 5.26. The van der Waals surface area contributed by atoms with E-state index in [2.05, 4.69) is 44.7 Å². The molecule has 0 aliphatic heterocycles. The molecule has 14 heavy (non-hydrogen) atoms. The van der Waals surface area contributed by atoms with Crippen LogP contribution in [0.25, 0.3) is 0 Å². The Bertz CT molecular complexity index is 209.